The van der Waals surface area contributed by atoms with Crippen LogP contribution in [0.3, 0.4) is 0 Å². The summed E-state index contributed by atoms with van der Waals surface area (Å²) in [6, 6.07) is 54.8. The van der Waals surface area contributed by atoms with Crippen molar-refractivity contribution in [1.29, 1.82) is 0 Å². The number of thiophene rings is 1. The fraction of sp³-hybridized carbons (Fsp3) is 0. The van der Waals surface area contributed by atoms with Crippen LogP contribution in [0.4, 0.5) is 0 Å². The first-order chi connectivity index (χ1) is 23.8. The van der Waals surface area contributed by atoms with E-state index in [1.807, 2.05) is 0 Å². The first kappa shape index (κ1) is 26.0. The Morgan fingerprint density at radius 2 is 1.04 bits per heavy atom. The molecule has 0 aliphatic heterocycles. The molecule has 0 atom stereocenters. The topological polar surface area (TPSA) is 35.9 Å². The number of fused-ring (bicyclic) bond motifs is 11. The molecule has 0 saturated carbocycles. The minimum absolute atomic E-state index is 0.579. The maximum absolute atomic E-state index is 6.77. The molecule has 0 unspecified atom stereocenters. The number of aromatic nitrogens is 3. The second-order valence-electron chi connectivity index (χ2n) is 12.4. The molecule has 0 spiro atoms. The predicted molar refractivity (Wildman–Crippen MR) is 201 cm³/mol. The molecule has 0 aliphatic carbocycles. The summed E-state index contributed by atoms with van der Waals surface area (Å²) in [5.41, 5.74) is 9.67. The van der Waals surface area contributed by atoms with Crippen molar-refractivity contribution in [3.8, 4) is 22.8 Å². The van der Waals surface area contributed by atoms with E-state index in [2.05, 4.69) is 161 Å². The highest BCUT2D eigenvalue weighted by Crippen LogP contribution is 2.41. The fourth-order valence-electron chi connectivity index (χ4n) is 7.64. The zero-order valence-corrected chi connectivity index (χ0v) is 26.4. The van der Waals surface area contributed by atoms with Gasteiger partial charge in [0.15, 0.2) is 5.58 Å². The van der Waals surface area contributed by atoms with E-state index in [0.717, 1.165) is 44.3 Å². The van der Waals surface area contributed by atoms with Crippen LogP contribution in [0.25, 0.3) is 97.7 Å². The van der Waals surface area contributed by atoms with Gasteiger partial charge in [-0.25, -0.2) is 0 Å². The van der Waals surface area contributed by atoms with Crippen molar-refractivity contribution < 1.29 is 4.42 Å². The largest absolute Gasteiger partial charge is 0.422 e. The van der Waals surface area contributed by atoms with Crippen LogP contribution in [-0.4, -0.2) is 14.1 Å². The zero-order chi connectivity index (χ0) is 31.3. The molecule has 0 bridgehead atoms. The highest BCUT2D eigenvalue weighted by molar-refractivity contribution is 7.26. The number of para-hydroxylation sites is 3. The van der Waals surface area contributed by atoms with Gasteiger partial charge < -0.3 is 8.98 Å². The Balaban J connectivity index is 1.16. The van der Waals surface area contributed by atoms with E-state index < -0.39 is 0 Å². The van der Waals surface area contributed by atoms with Gasteiger partial charge in [-0.2, -0.15) is 4.98 Å². The second-order valence-corrected chi connectivity index (χ2v) is 13.5. The average Bonchev–Trinajstić information content (AvgIpc) is 3.90. The van der Waals surface area contributed by atoms with Gasteiger partial charge in [0.05, 0.1) is 22.1 Å². The fourth-order valence-corrected chi connectivity index (χ4v) is 8.74. The van der Waals surface area contributed by atoms with Crippen molar-refractivity contribution in [3.05, 3.63) is 152 Å². The monoisotopic (exact) mass is 631 g/mol. The normalized spacial score (nSPS) is 12.2. The van der Waals surface area contributed by atoms with E-state index in [4.69, 9.17) is 9.40 Å². The van der Waals surface area contributed by atoms with Gasteiger partial charge in [-0.1, -0.05) is 97.1 Å². The maximum atomic E-state index is 6.77. The third kappa shape index (κ3) is 3.56. The third-order valence-corrected chi connectivity index (χ3v) is 10.9. The SMILES string of the molecule is c1ccc(-n2c3ccccc3c3ccc(-c4ccc5c6ccccc6n(-c6nc7ccc8sc9ccccc9c8c7o6)c5c4)cc32)cc1. The van der Waals surface area contributed by atoms with Crippen LogP contribution in [0, 0.1) is 0 Å². The summed E-state index contributed by atoms with van der Waals surface area (Å²) in [6.07, 6.45) is 0. The summed E-state index contributed by atoms with van der Waals surface area (Å²) in [5.74, 6) is 0. The minimum atomic E-state index is 0.579. The molecule has 4 aromatic heterocycles. The Hall–Kier alpha value is -6.17. The Bertz CT molecular complexity index is 3070. The Kier molecular flexibility index (Phi) is 5.23. The molecule has 4 heterocycles. The average molecular weight is 632 g/mol. The highest BCUT2D eigenvalue weighted by atomic mass is 32.1. The summed E-state index contributed by atoms with van der Waals surface area (Å²) in [4.78, 5) is 5.10. The smallest absolute Gasteiger partial charge is 0.307 e. The van der Waals surface area contributed by atoms with Gasteiger partial charge in [0.2, 0.25) is 0 Å². The molecule has 0 radical (unpaired) electrons. The molecular weight excluding hydrogens is 607 g/mol. The van der Waals surface area contributed by atoms with Crippen LogP contribution in [0.15, 0.2) is 156 Å². The van der Waals surface area contributed by atoms with Gasteiger partial charge in [0.1, 0.15) is 5.52 Å². The molecule has 11 aromatic rings. The van der Waals surface area contributed by atoms with Crippen molar-refractivity contribution in [2.24, 2.45) is 0 Å². The highest BCUT2D eigenvalue weighted by Gasteiger charge is 2.20. The number of oxazole rings is 1. The lowest BCUT2D eigenvalue weighted by atomic mass is 10.0. The number of hydrogen-bond acceptors (Lipinski definition) is 3. The lowest BCUT2D eigenvalue weighted by Crippen LogP contribution is -1.94. The third-order valence-electron chi connectivity index (χ3n) is 9.77. The second kappa shape index (κ2) is 9.67. The lowest BCUT2D eigenvalue weighted by molar-refractivity contribution is 0.577. The molecule has 7 aromatic carbocycles. The Labute approximate surface area is 278 Å². The van der Waals surface area contributed by atoms with Gasteiger partial charge in [-0.15, -0.1) is 11.3 Å². The van der Waals surface area contributed by atoms with Crippen molar-refractivity contribution in [3.63, 3.8) is 0 Å². The van der Waals surface area contributed by atoms with E-state index in [1.54, 1.807) is 11.3 Å². The number of nitrogens with zero attached hydrogens (tertiary/aromatic N) is 3. The van der Waals surface area contributed by atoms with Gasteiger partial charge in [0, 0.05) is 47.4 Å². The summed E-state index contributed by atoms with van der Waals surface area (Å²) < 4.78 is 13.8. The van der Waals surface area contributed by atoms with Crippen molar-refractivity contribution in [1.82, 2.24) is 14.1 Å². The predicted octanol–water partition coefficient (Wildman–Crippen LogP) is 12.1. The van der Waals surface area contributed by atoms with Crippen LogP contribution in [0.2, 0.25) is 0 Å². The first-order valence-corrected chi connectivity index (χ1v) is 17.0. The van der Waals surface area contributed by atoms with E-state index in [-0.39, 0.29) is 0 Å². The van der Waals surface area contributed by atoms with Crippen molar-refractivity contribution in [2.75, 3.05) is 0 Å². The number of rotatable bonds is 3. The number of hydrogen-bond donors (Lipinski definition) is 0. The molecule has 0 amide bonds. The summed E-state index contributed by atoms with van der Waals surface area (Å²) in [7, 11) is 0. The van der Waals surface area contributed by atoms with E-state index in [0.29, 0.717) is 6.01 Å². The minimum Gasteiger partial charge on any atom is -0.422 e. The molecule has 48 heavy (non-hydrogen) atoms. The molecular formula is C43H25N3OS. The molecule has 0 N–H and O–H groups in total. The summed E-state index contributed by atoms with van der Waals surface area (Å²) in [6.45, 7) is 0. The van der Waals surface area contributed by atoms with Crippen LogP contribution < -0.4 is 0 Å². The molecule has 5 heteroatoms. The first-order valence-electron chi connectivity index (χ1n) is 16.1. The van der Waals surface area contributed by atoms with Crippen molar-refractivity contribution in [2.45, 2.75) is 0 Å². The van der Waals surface area contributed by atoms with Gasteiger partial charge >= 0.3 is 6.01 Å². The van der Waals surface area contributed by atoms with E-state index >= 15 is 0 Å². The van der Waals surface area contributed by atoms with E-state index in [1.165, 1.54) is 47.4 Å². The van der Waals surface area contributed by atoms with Crippen LogP contribution in [0.1, 0.15) is 0 Å². The quantitative estimate of drug-likeness (QED) is 0.194. The molecule has 0 aliphatic rings. The van der Waals surface area contributed by atoms with Crippen LogP contribution in [0.5, 0.6) is 0 Å². The molecule has 4 nitrogen and oxygen atoms in total. The van der Waals surface area contributed by atoms with Gasteiger partial charge in [-0.3, -0.25) is 4.57 Å². The summed E-state index contributed by atoms with van der Waals surface area (Å²) >= 11 is 1.79. The van der Waals surface area contributed by atoms with E-state index in [9.17, 15) is 0 Å². The summed E-state index contributed by atoms with van der Waals surface area (Å²) in [5, 5.41) is 7.18. The standard InChI is InChI=1S/C43H25N3OS/c1-2-10-28(11-3-1)45-35-15-7-4-12-29(35)31-20-18-26(24-37(31)45)27-19-21-32-30-13-5-8-16-36(30)46(38(32)25-27)43-44-34-22-23-40-41(42(34)47-43)33-14-6-9-17-39(33)48-40/h1-25H. The zero-order valence-electron chi connectivity index (χ0n) is 25.6. The van der Waals surface area contributed by atoms with Crippen molar-refractivity contribution >= 4 is 86.2 Å². The molecule has 224 valence electrons. The number of benzene rings is 7. The maximum Gasteiger partial charge on any atom is 0.307 e. The lowest BCUT2D eigenvalue weighted by Gasteiger charge is -2.09. The van der Waals surface area contributed by atoms with Crippen LogP contribution >= 0.6 is 11.3 Å². The molecule has 11 rings (SSSR count). The van der Waals surface area contributed by atoms with Gasteiger partial charge in [0.25, 0.3) is 0 Å². The Morgan fingerprint density at radius 1 is 0.458 bits per heavy atom. The Morgan fingerprint density at radius 3 is 1.77 bits per heavy atom. The molecule has 0 saturated heterocycles. The molecule has 0 fully saturated rings. The van der Waals surface area contributed by atoms with Crippen LogP contribution in [-0.2, 0) is 0 Å². The van der Waals surface area contributed by atoms with Gasteiger partial charge in [-0.05, 0) is 65.7 Å².